The maximum Gasteiger partial charge on any atom is 0.190 e. The minimum absolute atomic E-state index is 0.00639. The van der Waals surface area contributed by atoms with E-state index in [2.05, 4.69) is 20.6 Å². The maximum atomic E-state index is 11.1. The van der Waals surface area contributed by atoms with Crippen LogP contribution in [0.1, 0.15) is 12.1 Å². The smallest absolute Gasteiger partial charge is 0.190 e. The van der Waals surface area contributed by atoms with Crippen molar-refractivity contribution in [1.82, 2.24) is 15.4 Å². The number of carbonyl (C=O) groups is 1. The molecule has 0 spiro atoms. The van der Waals surface area contributed by atoms with E-state index in [0.29, 0.717) is 12.2 Å². The van der Waals surface area contributed by atoms with Crippen LogP contribution in [0.4, 0.5) is 0 Å². The van der Waals surface area contributed by atoms with Crippen molar-refractivity contribution in [3.05, 3.63) is 16.8 Å². The van der Waals surface area contributed by atoms with Gasteiger partial charge in [-0.25, -0.2) is 0 Å². The molecular formula is C7H10N4O2S. The van der Waals surface area contributed by atoms with Crippen LogP contribution in [0.3, 0.4) is 0 Å². The molecule has 0 saturated carbocycles. The molecule has 7 heteroatoms. The number of aryl methyl sites for hydroxylation is 1. The lowest BCUT2D eigenvalue weighted by Crippen LogP contribution is -1.98. The number of nitrogens with zero attached hydrogens (tertiary/aromatic N) is 3. The van der Waals surface area contributed by atoms with Gasteiger partial charge in [0, 0.05) is 24.8 Å². The van der Waals surface area contributed by atoms with Crippen LogP contribution in [0.25, 0.3) is 0 Å². The van der Waals surface area contributed by atoms with Crippen LogP contribution < -0.4 is 0 Å². The molecule has 0 fully saturated rings. The van der Waals surface area contributed by atoms with Gasteiger partial charge >= 0.3 is 0 Å². The fraction of sp³-hybridized carbons (Fsp3) is 0.571. The molecule has 76 valence electrons. The first-order chi connectivity index (χ1) is 6.83. The van der Waals surface area contributed by atoms with Crippen molar-refractivity contribution in [2.24, 2.45) is 5.18 Å². The van der Waals surface area contributed by atoms with Crippen molar-refractivity contribution in [1.29, 1.82) is 0 Å². The van der Waals surface area contributed by atoms with Gasteiger partial charge in [-0.3, -0.25) is 9.89 Å². The molecule has 1 heterocycles. The summed E-state index contributed by atoms with van der Waals surface area (Å²) >= 11 is 1.20. The Labute approximate surface area is 84.8 Å². The van der Waals surface area contributed by atoms with Crippen molar-refractivity contribution < 1.29 is 4.79 Å². The van der Waals surface area contributed by atoms with Crippen molar-refractivity contribution in [2.75, 3.05) is 12.3 Å². The third-order valence-corrected chi connectivity index (χ3v) is 2.43. The molecule has 14 heavy (non-hydrogen) atoms. The van der Waals surface area contributed by atoms with Crippen molar-refractivity contribution >= 4 is 16.9 Å². The minimum atomic E-state index is -0.00639. The number of nitroso groups, excluding NO2 is 1. The third kappa shape index (κ3) is 4.13. The SMILES string of the molecule is O=NCCC(=O)SCCc1c[nH]nn1. The fourth-order valence-corrected chi connectivity index (χ4v) is 1.60. The van der Waals surface area contributed by atoms with E-state index in [1.54, 1.807) is 6.20 Å². The zero-order chi connectivity index (χ0) is 10.2. The zero-order valence-electron chi connectivity index (χ0n) is 7.47. The maximum absolute atomic E-state index is 11.1. The Bertz CT molecular complexity index is 288. The van der Waals surface area contributed by atoms with E-state index in [4.69, 9.17) is 0 Å². The molecule has 0 radical (unpaired) electrons. The number of hydrogen-bond acceptors (Lipinski definition) is 6. The van der Waals surface area contributed by atoms with Gasteiger partial charge in [-0.05, 0) is 0 Å². The van der Waals surface area contributed by atoms with Crippen LogP contribution in [0, 0.1) is 4.91 Å². The molecule has 1 aromatic rings. The van der Waals surface area contributed by atoms with E-state index in [0.717, 1.165) is 5.69 Å². The monoisotopic (exact) mass is 214 g/mol. The average molecular weight is 214 g/mol. The van der Waals surface area contributed by atoms with Gasteiger partial charge in [-0.15, -0.1) is 5.10 Å². The molecule has 0 amide bonds. The number of rotatable bonds is 6. The molecule has 0 aliphatic rings. The van der Waals surface area contributed by atoms with Gasteiger partial charge in [0.2, 0.25) is 0 Å². The van der Waals surface area contributed by atoms with Crippen LogP contribution >= 0.6 is 11.8 Å². The highest BCUT2D eigenvalue weighted by atomic mass is 32.2. The second-order valence-corrected chi connectivity index (χ2v) is 3.69. The largest absolute Gasteiger partial charge is 0.287 e. The number of carbonyl (C=O) groups excluding carboxylic acids is 1. The number of hydrogen-bond donors (Lipinski definition) is 1. The van der Waals surface area contributed by atoms with Gasteiger partial charge in [0.05, 0.1) is 12.2 Å². The standard InChI is InChI=1S/C7H10N4O2S/c12-7(1-3-9-13)14-4-2-6-5-8-11-10-6/h5H,1-4H2,(H,8,10,11). The highest BCUT2D eigenvalue weighted by molar-refractivity contribution is 8.13. The summed E-state index contributed by atoms with van der Waals surface area (Å²) in [6, 6.07) is 0. The Kier molecular flexibility index (Phi) is 4.84. The summed E-state index contributed by atoms with van der Waals surface area (Å²) in [4.78, 5) is 20.8. The van der Waals surface area contributed by atoms with E-state index < -0.39 is 0 Å². The highest BCUT2D eigenvalue weighted by Gasteiger charge is 2.03. The van der Waals surface area contributed by atoms with Crippen molar-refractivity contribution in [2.45, 2.75) is 12.8 Å². The quantitative estimate of drug-likeness (QED) is 0.706. The Morgan fingerprint density at radius 3 is 3.14 bits per heavy atom. The normalized spacial score (nSPS) is 10.0. The summed E-state index contributed by atoms with van der Waals surface area (Å²) in [6.07, 6.45) is 2.60. The van der Waals surface area contributed by atoms with Gasteiger partial charge in [-0.1, -0.05) is 22.2 Å². The lowest BCUT2D eigenvalue weighted by Gasteiger charge is -1.95. The van der Waals surface area contributed by atoms with Crippen LogP contribution in [-0.2, 0) is 11.2 Å². The predicted octanol–water partition coefficient (Wildman–Crippen LogP) is 0.763. The van der Waals surface area contributed by atoms with Gasteiger partial charge in [0.25, 0.3) is 0 Å². The van der Waals surface area contributed by atoms with E-state index in [9.17, 15) is 9.70 Å². The highest BCUT2D eigenvalue weighted by Crippen LogP contribution is 2.07. The van der Waals surface area contributed by atoms with E-state index in [1.807, 2.05) is 0 Å². The van der Waals surface area contributed by atoms with E-state index >= 15 is 0 Å². The van der Waals surface area contributed by atoms with Gasteiger partial charge in [-0.2, -0.15) is 4.91 Å². The first-order valence-corrected chi connectivity index (χ1v) is 5.11. The third-order valence-electron chi connectivity index (χ3n) is 1.50. The molecule has 1 rings (SSSR count). The average Bonchev–Trinajstić information content (AvgIpc) is 2.67. The molecule has 0 saturated heterocycles. The topological polar surface area (TPSA) is 88.1 Å². The number of H-pyrrole nitrogens is 1. The van der Waals surface area contributed by atoms with Crippen LogP contribution in [0.15, 0.2) is 11.4 Å². The van der Waals surface area contributed by atoms with Gasteiger partial charge in [0.15, 0.2) is 5.12 Å². The van der Waals surface area contributed by atoms with Crippen molar-refractivity contribution in [3.63, 3.8) is 0 Å². The van der Waals surface area contributed by atoms with E-state index in [-0.39, 0.29) is 18.1 Å². The number of nitrogens with one attached hydrogen (secondary N) is 1. The Balaban J connectivity index is 2.09. The molecule has 1 N–H and O–H groups in total. The van der Waals surface area contributed by atoms with Gasteiger partial charge in [0.1, 0.15) is 0 Å². The van der Waals surface area contributed by atoms with Crippen LogP contribution in [-0.4, -0.2) is 32.8 Å². The number of aromatic amines is 1. The molecule has 0 aliphatic carbocycles. The second kappa shape index (κ2) is 6.25. The summed E-state index contributed by atoms with van der Waals surface area (Å²) in [5, 5.41) is 12.5. The predicted molar refractivity (Wildman–Crippen MR) is 52.8 cm³/mol. The summed E-state index contributed by atoms with van der Waals surface area (Å²) in [7, 11) is 0. The molecular weight excluding hydrogens is 204 g/mol. The lowest BCUT2D eigenvalue weighted by atomic mass is 10.4. The van der Waals surface area contributed by atoms with Crippen molar-refractivity contribution in [3.8, 4) is 0 Å². The fourth-order valence-electron chi connectivity index (χ4n) is 0.826. The number of thioether (sulfide) groups is 1. The summed E-state index contributed by atoms with van der Waals surface area (Å²) < 4.78 is 0. The Morgan fingerprint density at radius 2 is 2.50 bits per heavy atom. The lowest BCUT2D eigenvalue weighted by molar-refractivity contribution is -0.110. The molecule has 0 atom stereocenters. The van der Waals surface area contributed by atoms with Gasteiger partial charge < -0.3 is 0 Å². The Morgan fingerprint density at radius 1 is 1.64 bits per heavy atom. The van der Waals surface area contributed by atoms with E-state index in [1.165, 1.54) is 11.8 Å². The Hall–Kier alpha value is -1.24. The molecule has 6 nitrogen and oxygen atoms in total. The summed E-state index contributed by atoms with van der Waals surface area (Å²) in [5.74, 6) is 0.657. The second-order valence-electron chi connectivity index (χ2n) is 2.54. The molecule has 0 aromatic carbocycles. The zero-order valence-corrected chi connectivity index (χ0v) is 8.29. The summed E-state index contributed by atoms with van der Waals surface area (Å²) in [5.41, 5.74) is 0.832. The molecule has 0 unspecified atom stereocenters. The molecule has 1 aromatic heterocycles. The first kappa shape index (κ1) is 10.8. The molecule has 0 aliphatic heterocycles. The van der Waals surface area contributed by atoms with Crippen LogP contribution in [0.2, 0.25) is 0 Å². The number of aromatic nitrogens is 3. The first-order valence-electron chi connectivity index (χ1n) is 4.13. The molecule has 0 bridgehead atoms. The summed E-state index contributed by atoms with van der Waals surface area (Å²) in [6.45, 7) is 0.0653. The van der Waals surface area contributed by atoms with Crippen LogP contribution in [0.5, 0.6) is 0 Å². The minimum Gasteiger partial charge on any atom is -0.287 e.